The molecular weight excluding hydrogens is 260 g/mol. The molecule has 0 aliphatic heterocycles. The molecule has 0 saturated heterocycles. The number of rotatable bonds is 14. The maximum absolute atomic E-state index is 12.0. The summed E-state index contributed by atoms with van der Waals surface area (Å²) < 4.78 is 0.673. The second kappa shape index (κ2) is 13.1. The van der Waals surface area contributed by atoms with Crippen LogP contribution in [0.5, 0.6) is 0 Å². The van der Waals surface area contributed by atoms with Gasteiger partial charge in [0.15, 0.2) is 0 Å². The van der Waals surface area contributed by atoms with Gasteiger partial charge in [0.2, 0.25) is 0 Å². The number of carbonyl (C=O) groups is 1. The Labute approximate surface area is 133 Å². The molecule has 0 aliphatic rings. The summed E-state index contributed by atoms with van der Waals surface area (Å²) in [5.41, 5.74) is 3.17. The van der Waals surface area contributed by atoms with Crippen LogP contribution in [0.1, 0.15) is 91.4 Å². The topological polar surface area (TPSA) is 29.1 Å². The monoisotopic (exact) mass is 299 g/mol. The Morgan fingerprint density at radius 1 is 0.810 bits per heavy atom. The van der Waals surface area contributed by atoms with Gasteiger partial charge in [0.05, 0.1) is 13.6 Å². The minimum atomic E-state index is 0.218. The number of amides is 1. The van der Waals surface area contributed by atoms with Crippen LogP contribution in [0.15, 0.2) is 0 Å². The lowest BCUT2D eigenvalue weighted by Gasteiger charge is -2.32. The Bertz CT molecular complexity index is 256. The summed E-state index contributed by atoms with van der Waals surface area (Å²) in [7, 11) is 2.11. The first-order valence-electron chi connectivity index (χ1n) is 9.23. The van der Waals surface area contributed by atoms with Crippen LogP contribution in [0.25, 0.3) is 0 Å². The molecule has 0 fully saturated rings. The molecule has 0 aromatic heterocycles. The Hall–Kier alpha value is -0.570. The predicted molar refractivity (Wildman–Crippen MR) is 91.9 cm³/mol. The van der Waals surface area contributed by atoms with E-state index >= 15 is 0 Å². The zero-order valence-electron chi connectivity index (χ0n) is 15.0. The van der Waals surface area contributed by atoms with Crippen molar-refractivity contribution >= 4 is 5.91 Å². The lowest BCUT2D eigenvalue weighted by atomic mass is 10.1. The highest BCUT2D eigenvalue weighted by Gasteiger charge is 2.20. The first-order chi connectivity index (χ1) is 10.1. The van der Waals surface area contributed by atoms with E-state index in [1.807, 2.05) is 0 Å². The van der Waals surface area contributed by atoms with Crippen molar-refractivity contribution in [2.75, 3.05) is 20.1 Å². The first-order valence-corrected chi connectivity index (χ1v) is 9.23. The third kappa shape index (κ3) is 11.7. The Morgan fingerprint density at radius 3 is 1.81 bits per heavy atom. The normalized spacial score (nSPS) is 13.9. The van der Waals surface area contributed by atoms with Crippen LogP contribution < -0.4 is 5.43 Å². The molecule has 1 N–H and O–H groups in total. The fourth-order valence-electron chi connectivity index (χ4n) is 2.74. The van der Waals surface area contributed by atoms with Crippen LogP contribution in [-0.2, 0) is 4.79 Å². The van der Waals surface area contributed by atoms with E-state index in [2.05, 4.69) is 33.2 Å². The number of hydrogen-bond donors (Lipinski definition) is 1. The van der Waals surface area contributed by atoms with E-state index in [0.717, 1.165) is 25.9 Å². The summed E-state index contributed by atoms with van der Waals surface area (Å²) in [4.78, 5) is 12.0. The number of nitrogens with zero attached hydrogens (tertiary/aromatic N) is 1. The minimum Gasteiger partial charge on any atom is -0.270 e. The lowest BCUT2D eigenvalue weighted by molar-refractivity contribution is -0.942. The smallest absolute Gasteiger partial charge is 0.264 e. The van der Waals surface area contributed by atoms with Gasteiger partial charge < -0.3 is 0 Å². The van der Waals surface area contributed by atoms with Crippen LogP contribution in [0.2, 0.25) is 0 Å². The molecule has 126 valence electrons. The molecule has 0 saturated carbocycles. The fourth-order valence-corrected chi connectivity index (χ4v) is 2.74. The Kier molecular flexibility index (Phi) is 12.8. The highest BCUT2D eigenvalue weighted by atomic mass is 16.2. The standard InChI is InChI=1S/C18H38N2O/c1-5-8-9-10-11-12-13-14-15-16-18(21)19-20(4,7-3)17-6-2/h5-17H2,1-4H3/p+1. The van der Waals surface area contributed by atoms with Crippen molar-refractivity contribution in [1.29, 1.82) is 0 Å². The highest BCUT2D eigenvalue weighted by molar-refractivity contribution is 5.74. The molecular formula is C18H39N2O+. The first kappa shape index (κ1) is 20.4. The molecule has 0 radical (unpaired) electrons. The van der Waals surface area contributed by atoms with E-state index < -0.39 is 0 Å². The van der Waals surface area contributed by atoms with Crippen molar-refractivity contribution in [2.45, 2.75) is 91.4 Å². The van der Waals surface area contributed by atoms with Crippen molar-refractivity contribution in [3.05, 3.63) is 0 Å². The zero-order valence-corrected chi connectivity index (χ0v) is 15.0. The van der Waals surface area contributed by atoms with Crippen LogP contribution >= 0.6 is 0 Å². The van der Waals surface area contributed by atoms with Gasteiger partial charge in [-0.05, 0) is 19.8 Å². The average Bonchev–Trinajstić information content (AvgIpc) is 2.45. The van der Waals surface area contributed by atoms with Crippen LogP contribution in [0, 0.1) is 0 Å². The van der Waals surface area contributed by atoms with Crippen molar-refractivity contribution in [1.82, 2.24) is 5.43 Å². The molecule has 1 amide bonds. The van der Waals surface area contributed by atoms with Crippen molar-refractivity contribution in [3.8, 4) is 0 Å². The minimum absolute atomic E-state index is 0.218. The third-order valence-electron chi connectivity index (χ3n) is 4.32. The van der Waals surface area contributed by atoms with Gasteiger partial charge in [-0.2, -0.15) is 0 Å². The third-order valence-corrected chi connectivity index (χ3v) is 4.32. The van der Waals surface area contributed by atoms with E-state index in [0.29, 0.717) is 11.0 Å². The van der Waals surface area contributed by atoms with Crippen LogP contribution in [-0.4, -0.2) is 30.6 Å². The lowest BCUT2D eigenvalue weighted by Crippen LogP contribution is -2.57. The van der Waals surface area contributed by atoms with Gasteiger partial charge in [-0.3, -0.25) is 4.79 Å². The maximum atomic E-state index is 12.0. The second-order valence-electron chi connectivity index (χ2n) is 6.55. The number of carbonyl (C=O) groups excluding carboxylic acids is 1. The average molecular weight is 300 g/mol. The van der Waals surface area contributed by atoms with Gasteiger partial charge in [0.25, 0.3) is 5.91 Å². The summed E-state index contributed by atoms with van der Waals surface area (Å²) in [5, 5.41) is 0. The van der Waals surface area contributed by atoms with Crippen molar-refractivity contribution in [2.24, 2.45) is 0 Å². The van der Waals surface area contributed by atoms with Gasteiger partial charge in [-0.25, -0.2) is 10.0 Å². The molecule has 0 aromatic rings. The zero-order chi connectivity index (χ0) is 16.0. The Balaban J connectivity index is 3.53. The van der Waals surface area contributed by atoms with Gasteiger partial charge >= 0.3 is 0 Å². The Morgan fingerprint density at radius 2 is 1.33 bits per heavy atom. The molecule has 0 rings (SSSR count). The fraction of sp³-hybridized carbons (Fsp3) is 0.944. The molecule has 21 heavy (non-hydrogen) atoms. The number of nitrogens with one attached hydrogen (secondary N) is 1. The molecule has 0 aromatic carbocycles. The number of unbranched alkanes of at least 4 members (excludes halogenated alkanes) is 8. The van der Waals surface area contributed by atoms with E-state index in [1.165, 1.54) is 51.4 Å². The molecule has 0 spiro atoms. The SMILES string of the molecule is CCCCCCCCCCCC(=O)N[N+](C)(CC)CCC. The second-order valence-corrected chi connectivity index (χ2v) is 6.55. The molecule has 0 bridgehead atoms. The van der Waals surface area contributed by atoms with E-state index in [-0.39, 0.29) is 5.91 Å². The number of quaternary nitrogens is 1. The van der Waals surface area contributed by atoms with Gasteiger partial charge in [0, 0.05) is 6.42 Å². The maximum Gasteiger partial charge on any atom is 0.264 e. The molecule has 0 heterocycles. The van der Waals surface area contributed by atoms with Gasteiger partial charge in [-0.1, -0.05) is 65.2 Å². The summed E-state index contributed by atoms with van der Waals surface area (Å²) >= 11 is 0. The molecule has 3 heteroatoms. The quantitative estimate of drug-likeness (QED) is 0.278. The van der Waals surface area contributed by atoms with Crippen LogP contribution in [0.3, 0.4) is 0 Å². The molecule has 1 atom stereocenters. The molecule has 1 unspecified atom stereocenters. The number of hydrogen-bond acceptors (Lipinski definition) is 1. The summed E-state index contributed by atoms with van der Waals surface area (Å²) in [6, 6.07) is 0. The predicted octanol–water partition coefficient (Wildman–Crippen LogP) is 4.82. The largest absolute Gasteiger partial charge is 0.270 e. The van der Waals surface area contributed by atoms with Crippen molar-refractivity contribution < 1.29 is 9.39 Å². The van der Waals surface area contributed by atoms with Crippen LogP contribution in [0.4, 0.5) is 0 Å². The van der Waals surface area contributed by atoms with Crippen molar-refractivity contribution in [3.63, 3.8) is 0 Å². The summed E-state index contributed by atoms with van der Waals surface area (Å²) in [5.74, 6) is 0.218. The van der Waals surface area contributed by atoms with Gasteiger partial charge in [0.1, 0.15) is 6.54 Å². The molecule has 3 nitrogen and oxygen atoms in total. The van der Waals surface area contributed by atoms with E-state index in [4.69, 9.17) is 0 Å². The summed E-state index contributed by atoms with van der Waals surface area (Å²) in [6.45, 7) is 8.53. The van der Waals surface area contributed by atoms with Gasteiger partial charge in [-0.15, -0.1) is 0 Å². The highest BCUT2D eigenvalue weighted by Crippen LogP contribution is 2.10. The van der Waals surface area contributed by atoms with E-state index in [9.17, 15) is 4.79 Å². The van der Waals surface area contributed by atoms with E-state index in [1.54, 1.807) is 0 Å². The summed E-state index contributed by atoms with van der Waals surface area (Å²) in [6.07, 6.45) is 13.5. The molecule has 0 aliphatic carbocycles.